The summed E-state index contributed by atoms with van der Waals surface area (Å²) in [5, 5.41) is 1.000. The van der Waals surface area contributed by atoms with E-state index in [1.165, 1.54) is 0 Å². The number of amides is 1. The highest BCUT2D eigenvalue weighted by Gasteiger charge is 2.54. The van der Waals surface area contributed by atoms with E-state index < -0.39 is 0 Å². The van der Waals surface area contributed by atoms with E-state index in [0.29, 0.717) is 5.92 Å². The lowest BCUT2D eigenvalue weighted by molar-refractivity contribution is -0.135. The van der Waals surface area contributed by atoms with Crippen LogP contribution in [-0.2, 0) is 4.79 Å². The Morgan fingerprint density at radius 3 is 2.70 bits per heavy atom. The summed E-state index contributed by atoms with van der Waals surface area (Å²) < 4.78 is 0. The summed E-state index contributed by atoms with van der Waals surface area (Å²) in [4.78, 5) is 17.2. The molecule has 1 heterocycles. The van der Waals surface area contributed by atoms with Gasteiger partial charge in [0.05, 0.1) is 16.6 Å². The van der Waals surface area contributed by atoms with Crippen molar-refractivity contribution in [1.82, 2.24) is 10.4 Å². The Morgan fingerprint density at radius 1 is 1.22 bits per heavy atom. The molecule has 3 rings (SSSR count). The van der Waals surface area contributed by atoms with Crippen LogP contribution in [0.25, 0.3) is 10.9 Å². The van der Waals surface area contributed by atoms with E-state index >= 15 is 0 Å². The van der Waals surface area contributed by atoms with Gasteiger partial charge in [0, 0.05) is 11.6 Å². The molecule has 4 nitrogen and oxygen atoms in total. The maximum atomic E-state index is 12.8. The molecule has 2 unspecified atom stereocenters. The number of fused-ring (bicyclic) bond motifs is 1. The van der Waals surface area contributed by atoms with Crippen molar-refractivity contribution >= 4 is 22.5 Å². The first-order valence-electron chi connectivity index (χ1n) is 8.26. The van der Waals surface area contributed by atoms with Crippen LogP contribution < -0.4 is 10.9 Å². The van der Waals surface area contributed by atoms with Crippen molar-refractivity contribution in [3.8, 4) is 0 Å². The van der Waals surface area contributed by atoms with Crippen LogP contribution >= 0.6 is 0 Å². The van der Waals surface area contributed by atoms with Crippen LogP contribution in [0.2, 0.25) is 0 Å². The van der Waals surface area contributed by atoms with Crippen LogP contribution in [0.5, 0.6) is 0 Å². The monoisotopic (exact) mass is 311 g/mol. The Bertz CT molecular complexity index is 735. The third-order valence-corrected chi connectivity index (χ3v) is 6.19. The zero-order chi connectivity index (χ0) is 16.7. The van der Waals surface area contributed by atoms with Gasteiger partial charge in [-0.05, 0) is 48.4 Å². The minimum Gasteiger partial charge on any atom is -0.298 e. The van der Waals surface area contributed by atoms with Gasteiger partial charge in [-0.25, -0.2) is 0 Å². The van der Waals surface area contributed by atoms with Crippen molar-refractivity contribution in [1.29, 1.82) is 0 Å². The first kappa shape index (κ1) is 15.8. The third-order valence-electron chi connectivity index (χ3n) is 6.19. The molecule has 0 bridgehead atoms. The number of rotatable bonds is 3. The summed E-state index contributed by atoms with van der Waals surface area (Å²) in [6.45, 7) is 8.72. The van der Waals surface area contributed by atoms with Crippen LogP contribution in [0.3, 0.4) is 0 Å². The number of carbonyl (C=O) groups is 1. The van der Waals surface area contributed by atoms with Crippen molar-refractivity contribution in [2.75, 3.05) is 5.43 Å². The Morgan fingerprint density at radius 2 is 2.00 bits per heavy atom. The first-order chi connectivity index (χ1) is 10.9. The molecule has 2 atom stereocenters. The Balaban J connectivity index is 1.79. The van der Waals surface area contributed by atoms with Crippen molar-refractivity contribution in [2.24, 2.45) is 16.7 Å². The van der Waals surface area contributed by atoms with Gasteiger partial charge < -0.3 is 0 Å². The van der Waals surface area contributed by atoms with Gasteiger partial charge >= 0.3 is 0 Å². The van der Waals surface area contributed by atoms with E-state index in [1.54, 1.807) is 6.20 Å². The lowest BCUT2D eigenvalue weighted by Gasteiger charge is -2.39. The maximum Gasteiger partial charge on any atom is 0.244 e. The number of aromatic nitrogens is 1. The largest absolute Gasteiger partial charge is 0.298 e. The normalized spacial score (nSPS) is 26.2. The second-order valence-corrected chi connectivity index (χ2v) is 7.45. The quantitative estimate of drug-likeness (QED) is 0.838. The van der Waals surface area contributed by atoms with E-state index in [-0.39, 0.29) is 16.7 Å². The molecule has 0 saturated heterocycles. The summed E-state index contributed by atoms with van der Waals surface area (Å²) in [6, 6.07) is 9.76. The van der Waals surface area contributed by atoms with Gasteiger partial charge in [-0.1, -0.05) is 33.8 Å². The van der Waals surface area contributed by atoms with Gasteiger partial charge in [-0.2, -0.15) is 0 Å². The summed E-state index contributed by atoms with van der Waals surface area (Å²) in [5.41, 5.74) is 7.44. The van der Waals surface area contributed by atoms with E-state index in [2.05, 4.69) is 43.5 Å². The van der Waals surface area contributed by atoms with Crippen molar-refractivity contribution in [3.05, 3.63) is 36.5 Å². The number of hydrogen-bond acceptors (Lipinski definition) is 3. The Hall–Kier alpha value is -2.10. The molecule has 1 aromatic carbocycles. The number of anilines is 1. The molecule has 1 saturated carbocycles. The van der Waals surface area contributed by atoms with Crippen LogP contribution in [-0.4, -0.2) is 10.9 Å². The van der Waals surface area contributed by atoms with Gasteiger partial charge in [-0.3, -0.25) is 20.6 Å². The standard InChI is InChI=1S/C19H25N3O/c1-13-10-11-19(4,18(13,2)3)17(23)22-21-16-9-5-8-15-14(16)7-6-12-20-15/h5-9,12-13,21H,10-11H2,1-4H3,(H,22,23). The molecule has 122 valence electrons. The van der Waals surface area contributed by atoms with Crippen LogP contribution in [0.1, 0.15) is 40.5 Å². The third kappa shape index (κ3) is 2.46. The number of hydrazine groups is 1. The molecule has 1 aliphatic carbocycles. The second kappa shape index (κ2) is 5.52. The van der Waals surface area contributed by atoms with Crippen LogP contribution in [0.4, 0.5) is 5.69 Å². The zero-order valence-corrected chi connectivity index (χ0v) is 14.3. The Kier molecular flexibility index (Phi) is 3.78. The van der Waals surface area contributed by atoms with Crippen molar-refractivity contribution in [3.63, 3.8) is 0 Å². The highest BCUT2D eigenvalue weighted by molar-refractivity contribution is 5.92. The second-order valence-electron chi connectivity index (χ2n) is 7.45. The highest BCUT2D eigenvalue weighted by atomic mass is 16.2. The van der Waals surface area contributed by atoms with Gasteiger partial charge in [0.25, 0.3) is 0 Å². The number of hydrogen-bond donors (Lipinski definition) is 2. The van der Waals surface area contributed by atoms with Crippen molar-refractivity contribution in [2.45, 2.75) is 40.5 Å². The molecule has 23 heavy (non-hydrogen) atoms. The molecule has 2 aromatic rings. The van der Waals surface area contributed by atoms with Gasteiger partial charge in [0.1, 0.15) is 0 Å². The molecule has 1 aromatic heterocycles. The molecule has 0 aliphatic heterocycles. The minimum atomic E-state index is -0.359. The first-order valence-corrected chi connectivity index (χ1v) is 8.26. The number of nitrogens with zero attached hydrogens (tertiary/aromatic N) is 1. The molecule has 0 radical (unpaired) electrons. The minimum absolute atomic E-state index is 0.0148. The topological polar surface area (TPSA) is 54.0 Å². The summed E-state index contributed by atoms with van der Waals surface area (Å²) in [7, 11) is 0. The average molecular weight is 311 g/mol. The lowest BCUT2D eigenvalue weighted by atomic mass is 9.66. The van der Waals surface area contributed by atoms with E-state index in [0.717, 1.165) is 29.4 Å². The van der Waals surface area contributed by atoms with E-state index in [9.17, 15) is 4.79 Å². The van der Waals surface area contributed by atoms with E-state index in [1.807, 2.05) is 30.3 Å². The fourth-order valence-corrected chi connectivity index (χ4v) is 3.61. The average Bonchev–Trinajstić information content (AvgIpc) is 2.76. The van der Waals surface area contributed by atoms with Crippen LogP contribution in [0, 0.1) is 16.7 Å². The number of carbonyl (C=O) groups excluding carboxylic acids is 1. The maximum absolute atomic E-state index is 12.8. The molecule has 1 fully saturated rings. The molecule has 2 N–H and O–H groups in total. The lowest BCUT2D eigenvalue weighted by Crippen LogP contribution is -2.48. The molecule has 4 heteroatoms. The van der Waals surface area contributed by atoms with Gasteiger partial charge in [0.2, 0.25) is 5.91 Å². The SMILES string of the molecule is CC1CCC(C)(C(=O)NNc2cccc3ncccc23)C1(C)C. The number of pyridine rings is 1. The molecular formula is C19H25N3O. The predicted molar refractivity (Wildman–Crippen MR) is 93.8 cm³/mol. The summed E-state index contributed by atoms with van der Waals surface area (Å²) in [5.74, 6) is 0.604. The van der Waals surface area contributed by atoms with Crippen molar-refractivity contribution < 1.29 is 4.79 Å². The molecule has 1 amide bonds. The number of benzene rings is 1. The molecular weight excluding hydrogens is 286 g/mol. The molecule has 1 aliphatic rings. The van der Waals surface area contributed by atoms with Gasteiger partial charge in [-0.15, -0.1) is 0 Å². The predicted octanol–water partition coefficient (Wildman–Crippen LogP) is 4.14. The fourth-order valence-electron chi connectivity index (χ4n) is 3.61. The fraction of sp³-hybridized carbons (Fsp3) is 0.474. The molecule has 0 spiro atoms. The zero-order valence-electron chi connectivity index (χ0n) is 14.3. The smallest absolute Gasteiger partial charge is 0.244 e. The summed E-state index contributed by atoms with van der Waals surface area (Å²) >= 11 is 0. The van der Waals surface area contributed by atoms with E-state index in [4.69, 9.17) is 0 Å². The number of nitrogens with one attached hydrogen (secondary N) is 2. The summed E-state index contributed by atoms with van der Waals surface area (Å²) in [6.07, 6.45) is 3.79. The van der Waals surface area contributed by atoms with Crippen LogP contribution in [0.15, 0.2) is 36.5 Å². The van der Waals surface area contributed by atoms with Gasteiger partial charge in [0.15, 0.2) is 0 Å². The highest BCUT2D eigenvalue weighted by Crippen LogP contribution is 2.55. The Labute approximate surface area is 137 Å².